The van der Waals surface area contributed by atoms with Gasteiger partial charge in [-0.1, -0.05) is 32.0 Å². The van der Waals surface area contributed by atoms with E-state index >= 15 is 0 Å². The second-order valence-corrected chi connectivity index (χ2v) is 4.76. The van der Waals surface area contributed by atoms with E-state index in [0.29, 0.717) is 6.61 Å². The lowest BCUT2D eigenvalue weighted by Crippen LogP contribution is -2.14. The van der Waals surface area contributed by atoms with Crippen molar-refractivity contribution in [1.82, 2.24) is 5.32 Å². The number of aryl methyl sites for hydroxylation is 1. The molecule has 0 bridgehead atoms. The lowest BCUT2D eigenvalue weighted by Gasteiger charge is -2.03. The minimum Gasteiger partial charge on any atom is -0.459 e. The van der Waals surface area contributed by atoms with E-state index in [0.717, 1.165) is 37.3 Å². The second kappa shape index (κ2) is 6.73. The maximum atomic E-state index is 6.08. The first kappa shape index (κ1) is 14.1. The Morgan fingerprint density at radius 1 is 1.26 bits per heavy atom. The molecule has 1 N–H and O–H groups in total. The molecule has 0 spiro atoms. The van der Waals surface area contributed by atoms with Gasteiger partial charge < -0.3 is 14.5 Å². The van der Waals surface area contributed by atoms with Gasteiger partial charge >= 0.3 is 0 Å². The average molecular weight is 261 g/mol. The van der Waals surface area contributed by atoms with Crippen molar-refractivity contribution in [2.75, 3.05) is 13.7 Å². The molecule has 0 saturated carbocycles. The molecule has 1 aromatic heterocycles. The van der Waals surface area contributed by atoms with Crippen molar-refractivity contribution in [3.63, 3.8) is 0 Å². The van der Waals surface area contributed by atoms with E-state index in [4.69, 9.17) is 9.15 Å². The van der Waals surface area contributed by atoms with Gasteiger partial charge in [0.2, 0.25) is 0 Å². The second-order valence-electron chi connectivity index (χ2n) is 4.76. The monoisotopic (exact) mass is 261 g/mol. The zero-order valence-electron chi connectivity index (χ0n) is 12.1. The number of furan rings is 1. The van der Waals surface area contributed by atoms with Gasteiger partial charge in [-0.15, -0.1) is 0 Å². The summed E-state index contributed by atoms with van der Waals surface area (Å²) in [6.07, 6.45) is 2.11. The Balaban J connectivity index is 2.40. The Kier molecular flexibility index (Phi) is 5.00. The van der Waals surface area contributed by atoms with Crippen LogP contribution in [-0.4, -0.2) is 13.7 Å². The maximum absolute atomic E-state index is 6.08. The number of nitrogens with one attached hydrogen (secondary N) is 1. The molecule has 0 fully saturated rings. The van der Waals surface area contributed by atoms with Crippen molar-refractivity contribution in [1.29, 1.82) is 0 Å². The number of rotatable bonds is 7. The van der Waals surface area contributed by atoms with Gasteiger partial charge in [0.25, 0.3) is 0 Å². The number of methoxy groups -OCH3 is 1. The molecule has 0 aliphatic rings. The van der Waals surface area contributed by atoms with Gasteiger partial charge in [-0.2, -0.15) is 0 Å². The van der Waals surface area contributed by atoms with E-state index in [9.17, 15) is 0 Å². The fourth-order valence-corrected chi connectivity index (χ4v) is 2.38. The summed E-state index contributed by atoms with van der Waals surface area (Å²) in [5.41, 5.74) is 3.46. The summed E-state index contributed by atoms with van der Waals surface area (Å²) in [5, 5.41) is 4.59. The molecule has 19 heavy (non-hydrogen) atoms. The Labute approximate surface area is 114 Å². The molecule has 0 aliphatic carbocycles. The summed E-state index contributed by atoms with van der Waals surface area (Å²) < 4.78 is 11.4. The van der Waals surface area contributed by atoms with Crippen LogP contribution in [0.3, 0.4) is 0 Å². The molecular weight excluding hydrogens is 238 g/mol. The van der Waals surface area contributed by atoms with E-state index < -0.39 is 0 Å². The normalized spacial score (nSPS) is 11.3. The molecule has 2 aromatic rings. The summed E-state index contributed by atoms with van der Waals surface area (Å²) >= 11 is 0. The quantitative estimate of drug-likeness (QED) is 0.773. The SMILES string of the molecule is CCCNCc1oc2c(CC)cccc2c1COC. The highest BCUT2D eigenvalue weighted by molar-refractivity contribution is 5.85. The number of benzene rings is 1. The Bertz CT molecular complexity index is 531. The van der Waals surface area contributed by atoms with Gasteiger partial charge in [0.1, 0.15) is 11.3 Å². The highest BCUT2D eigenvalue weighted by atomic mass is 16.5. The number of ether oxygens (including phenoxy) is 1. The fourth-order valence-electron chi connectivity index (χ4n) is 2.38. The van der Waals surface area contributed by atoms with E-state index in [1.165, 1.54) is 16.5 Å². The molecule has 0 saturated heterocycles. The highest BCUT2D eigenvalue weighted by Gasteiger charge is 2.15. The van der Waals surface area contributed by atoms with Crippen LogP contribution in [0.15, 0.2) is 22.6 Å². The molecule has 0 aliphatic heterocycles. The summed E-state index contributed by atoms with van der Waals surface area (Å²) in [6, 6.07) is 6.35. The third-order valence-electron chi connectivity index (χ3n) is 3.37. The minimum atomic E-state index is 0.601. The summed E-state index contributed by atoms with van der Waals surface area (Å²) in [4.78, 5) is 0. The van der Waals surface area contributed by atoms with Crippen LogP contribution in [-0.2, 0) is 24.3 Å². The van der Waals surface area contributed by atoms with Crippen LogP contribution in [0, 0.1) is 0 Å². The first-order chi connectivity index (χ1) is 9.31. The topological polar surface area (TPSA) is 34.4 Å². The van der Waals surface area contributed by atoms with Crippen molar-refractivity contribution in [2.45, 2.75) is 39.8 Å². The van der Waals surface area contributed by atoms with E-state index in [-0.39, 0.29) is 0 Å². The first-order valence-electron chi connectivity index (χ1n) is 7.03. The van der Waals surface area contributed by atoms with Gasteiger partial charge in [-0.05, 0) is 24.9 Å². The van der Waals surface area contributed by atoms with Crippen molar-refractivity contribution in [3.05, 3.63) is 35.1 Å². The summed E-state index contributed by atoms with van der Waals surface area (Å²) in [6.45, 7) is 6.69. The maximum Gasteiger partial charge on any atom is 0.137 e. The van der Waals surface area contributed by atoms with Gasteiger partial charge in [0.05, 0.1) is 13.2 Å². The van der Waals surface area contributed by atoms with Crippen LogP contribution in [0.2, 0.25) is 0 Å². The Morgan fingerprint density at radius 2 is 2.11 bits per heavy atom. The fraction of sp³-hybridized carbons (Fsp3) is 0.500. The van der Waals surface area contributed by atoms with Crippen LogP contribution in [0.25, 0.3) is 11.0 Å². The lowest BCUT2D eigenvalue weighted by molar-refractivity contribution is 0.183. The number of para-hydroxylation sites is 1. The predicted octanol–water partition coefficient (Wildman–Crippen LogP) is 3.64. The van der Waals surface area contributed by atoms with Gasteiger partial charge in [-0.25, -0.2) is 0 Å². The molecule has 1 aromatic carbocycles. The van der Waals surface area contributed by atoms with E-state index in [2.05, 4.69) is 37.4 Å². The van der Waals surface area contributed by atoms with Crippen molar-refractivity contribution in [2.24, 2.45) is 0 Å². The molecule has 1 heterocycles. The van der Waals surface area contributed by atoms with E-state index in [1.807, 2.05) is 0 Å². The molecule has 0 radical (unpaired) electrons. The third kappa shape index (κ3) is 2.99. The molecule has 3 heteroatoms. The zero-order chi connectivity index (χ0) is 13.7. The average Bonchev–Trinajstić information content (AvgIpc) is 2.78. The largest absolute Gasteiger partial charge is 0.459 e. The lowest BCUT2D eigenvalue weighted by atomic mass is 10.1. The molecule has 0 amide bonds. The Hall–Kier alpha value is -1.32. The molecule has 104 valence electrons. The molecule has 2 rings (SSSR count). The van der Waals surface area contributed by atoms with Crippen LogP contribution >= 0.6 is 0 Å². The van der Waals surface area contributed by atoms with Crippen LogP contribution in [0.1, 0.15) is 37.2 Å². The molecule has 0 atom stereocenters. The number of hydrogen-bond donors (Lipinski definition) is 1. The predicted molar refractivity (Wildman–Crippen MR) is 78.3 cm³/mol. The number of hydrogen-bond acceptors (Lipinski definition) is 3. The van der Waals surface area contributed by atoms with E-state index in [1.54, 1.807) is 7.11 Å². The third-order valence-corrected chi connectivity index (χ3v) is 3.37. The first-order valence-corrected chi connectivity index (χ1v) is 7.03. The van der Waals surface area contributed by atoms with Gasteiger partial charge in [0.15, 0.2) is 0 Å². The number of fused-ring (bicyclic) bond motifs is 1. The summed E-state index contributed by atoms with van der Waals surface area (Å²) in [7, 11) is 1.73. The van der Waals surface area contributed by atoms with Crippen LogP contribution < -0.4 is 5.32 Å². The van der Waals surface area contributed by atoms with Crippen LogP contribution in [0.4, 0.5) is 0 Å². The van der Waals surface area contributed by atoms with Crippen molar-refractivity contribution in [3.8, 4) is 0 Å². The molecule has 3 nitrogen and oxygen atoms in total. The minimum absolute atomic E-state index is 0.601. The van der Waals surface area contributed by atoms with Crippen molar-refractivity contribution >= 4 is 11.0 Å². The van der Waals surface area contributed by atoms with Gasteiger partial charge in [-0.3, -0.25) is 0 Å². The molecule has 0 unspecified atom stereocenters. The smallest absolute Gasteiger partial charge is 0.137 e. The zero-order valence-corrected chi connectivity index (χ0v) is 12.1. The van der Waals surface area contributed by atoms with Gasteiger partial charge in [0, 0.05) is 18.1 Å². The van der Waals surface area contributed by atoms with Crippen molar-refractivity contribution < 1.29 is 9.15 Å². The molecular formula is C16H23NO2. The Morgan fingerprint density at radius 3 is 2.79 bits per heavy atom. The van der Waals surface area contributed by atoms with Crippen LogP contribution in [0.5, 0.6) is 0 Å². The highest BCUT2D eigenvalue weighted by Crippen LogP contribution is 2.29. The summed E-state index contributed by atoms with van der Waals surface area (Å²) in [5.74, 6) is 1.01. The standard InChI is InChI=1S/C16H23NO2/c1-4-9-17-10-15-14(11-18-3)13-8-6-7-12(5-2)16(13)19-15/h6-8,17H,4-5,9-11H2,1-3H3.